The van der Waals surface area contributed by atoms with Gasteiger partial charge in [-0.25, -0.2) is 0 Å². The summed E-state index contributed by atoms with van der Waals surface area (Å²) in [4.78, 5) is 30.2. The van der Waals surface area contributed by atoms with Crippen LogP contribution in [0.3, 0.4) is 0 Å². The van der Waals surface area contributed by atoms with Gasteiger partial charge in [0.25, 0.3) is 0 Å². The lowest BCUT2D eigenvalue weighted by molar-refractivity contribution is -0.123. The van der Waals surface area contributed by atoms with Crippen molar-refractivity contribution in [3.63, 3.8) is 0 Å². The number of carbonyl (C=O) groups is 1. The Balaban J connectivity index is 1.14. The van der Waals surface area contributed by atoms with E-state index in [1.54, 1.807) is 0 Å². The third-order valence-electron chi connectivity index (χ3n) is 10.9. The van der Waals surface area contributed by atoms with E-state index in [-0.39, 0.29) is 17.4 Å². The molecule has 0 spiro atoms. The monoisotopic (exact) mass is 566 g/mol. The van der Waals surface area contributed by atoms with Crippen LogP contribution in [0.25, 0.3) is 10.8 Å². The van der Waals surface area contributed by atoms with E-state index in [0.29, 0.717) is 18.5 Å². The van der Waals surface area contributed by atoms with Crippen molar-refractivity contribution in [3.05, 3.63) is 53.2 Å². The van der Waals surface area contributed by atoms with Gasteiger partial charge in [-0.15, -0.1) is 0 Å². The fraction of sp³-hybridized carbons (Fsp3) is 0.559. The molecule has 0 saturated carbocycles. The molecule has 4 fully saturated rings. The number of nitrogens with one attached hydrogen (secondary N) is 1. The van der Waals surface area contributed by atoms with E-state index >= 15 is 0 Å². The first-order valence-electron chi connectivity index (χ1n) is 16.2. The van der Waals surface area contributed by atoms with Gasteiger partial charge in [-0.05, 0) is 75.1 Å². The molecule has 2 aromatic carbocycles. The molecule has 1 N–H and O–H groups in total. The van der Waals surface area contributed by atoms with Crippen LogP contribution in [0.5, 0.6) is 6.01 Å². The van der Waals surface area contributed by atoms with Crippen molar-refractivity contribution in [1.29, 1.82) is 0 Å². The van der Waals surface area contributed by atoms with E-state index in [9.17, 15) is 4.79 Å². The summed E-state index contributed by atoms with van der Waals surface area (Å²) in [5.41, 5.74) is 5.18. The first-order valence-corrected chi connectivity index (χ1v) is 16.2. The summed E-state index contributed by atoms with van der Waals surface area (Å²) in [5.74, 6) is 1.74. The molecule has 5 aliphatic heterocycles. The van der Waals surface area contributed by atoms with Gasteiger partial charge < -0.3 is 19.9 Å². The van der Waals surface area contributed by atoms with Crippen molar-refractivity contribution in [2.45, 2.75) is 64.0 Å². The van der Waals surface area contributed by atoms with Gasteiger partial charge in [0.2, 0.25) is 5.91 Å². The average molecular weight is 567 g/mol. The lowest BCUT2D eigenvalue weighted by atomic mass is 9.88. The molecule has 6 heterocycles. The molecule has 2 atom stereocenters. The topological polar surface area (TPSA) is 73.8 Å². The molecular formula is C34H42N6O2. The molecule has 0 aliphatic carbocycles. The van der Waals surface area contributed by atoms with Crippen LogP contribution in [0.4, 0.5) is 11.5 Å². The Labute approximate surface area is 248 Å². The quantitative estimate of drug-likeness (QED) is 0.476. The predicted molar refractivity (Wildman–Crippen MR) is 165 cm³/mol. The first kappa shape index (κ1) is 26.3. The second-order valence-electron chi connectivity index (χ2n) is 13.1. The van der Waals surface area contributed by atoms with Crippen molar-refractivity contribution < 1.29 is 9.53 Å². The number of amides is 1. The Kier molecular flexibility index (Phi) is 6.50. The molecule has 3 aromatic rings. The maximum absolute atomic E-state index is 12.4. The minimum atomic E-state index is 0.138. The maximum atomic E-state index is 12.4. The lowest BCUT2D eigenvalue weighted by Gasteiger charge is -2.38. The summed E-state index contributed by atoms with van der Waals surface area (Å²) < 4.78 is 6.57. The van der Waals surface area contributed by atoms with E-state index in [1.807, 2.05) is 0 Å². The van der Waals surface area contributed by atoms with Gasteiger partial charge in [-0.1, -0.05) is 37.3 Å². The molecule has 8 heteroatoms. The zero-order valence-corrected chi connectivity index (χ0v) is 24.8. The first-order chi connectivity index (χ1) is 20.6. The Hall–Kier alpha value is -3.39. The van der Waals surface area contributed by atoms with Crippen LogP contribution >= 0.6 is 0 Å². The number of nitrogens with zero attached hydrogens (tertiary/aromatic N) is 5. The van der Waals surface area contributed by atoms with Gasteiger partial charge in [0.15, 0.2) is 0 Å². The molecule has 42 heavy (non-hydrogen) atoms. The summed E-state index contributed by atoms with van der Waals surface area (Å²) >= 11 is 0. The van der Waals surface area contributed by atoms with Crippen molar-refractivity contribution in [1.82, 2.24) is 20.2 Å². The minimum absolute atomic E-state index is 0.138. The number of carbonyl (C=O) groups excluding carboxylic acids is 1. The molecule has 1 aromatic heterocycles. The normalized spacial score (nSPS) is 24.9. The number of hydrogen-bond donors (Lipinski definition) is 1. The number of fused-ring (bicyclic) bond motifs is 4. The van der Waals surface area contributed by atoms with Gasteiger partial charge >= 0.3 is 6.01 Å². The number of rotatable bonds is 6. The molecule has 1 amide bonds. The largest absolute Gasteiger partial charge is 0.461 e. The molecule has 220 valence electrons. The number of hydrogen-bond acceptors (Lipinski definition) is 7. The number of benzene rings is 2. The second-order valence-corrected chi connectivity index (χ2v) is 13.1. The van der Waals surface area contributed by atoms with Crippen LogP contribution in [0.2, 0.25) is 0 Å². The van der Waals surface area contributed by atoms with Crippen molar-refractivity contribution in [2.75, 3.05) is 55.7 Å². The molecular weight excluding hydrogens is 524 g/mol. The second kappa shape index (κ2) is 10.4. The Morgan fingerprint density at radius 1 is 1.02 bits per heavy atom. The smallest absolute Gasteiger partial charge is 0.318 e. The van der Waals surface area contributed by atoms with E-state index in [1.165, 1.54) is 66.4 Å². The van der Waals surface area contributed by atoms with Gasteiger partial charge in [0, 0.05) is 54.7 Å². The zero-order chi connectivity index (χ0) is 28.3. The summed E-state index contributed by atoms with van der Waals surface area (Å²) in [6.45, 7) is 9.43. The zero-order valence-electron chi connectivity index (χ0n) is 24.8. The van der Waals surface area contributed by atoms with Gasteiger partial charge in [0.05, 0.1) is 17.8 Å². The molecule has 8 nitrogen and oxygen atoms in total. The molecule has 4 saturated heterocycles. The van der Waals surface area contributed by atoms with Crippen molar-refractivity contribution in [3.8, 4) is 6.01 Å². The van der Waals surface area contributed by atoms with Crippen LogP contribution in [-0.4, -0.2) is 72.2 Å². The van der Waals surface area contributed by atoms with Crippen LogP contribution < -0.4 is 19.9 Å². The Morgan fingerprint density at radius 3 is 2.69 bits per heavy atom. The predicted octanol–water partition coefficient (Wildman–Crippen LogP) is 4.33. The maximum Gasteiger partial charge on any atom is 0.318 e. The highest BCUT2D eigenvalue weighted by molar-refractivity contribution is 5.97. The van der Waals surface area contributed by atoms with Crippen molar-refractivity contribution in [2.24, 2.45) is 11.8 Å². The lowest BCUT2D eigenvalue weighted by Crippen LogP contribution is -2.44. The summed E-state index contributed by atoms with van der Waals surface area (Å²) in [6.07, 6.45) is 7.70. The highest BCUT2D eigenvalue weighted by Gasteiger charge is 2.45. The Morgan fingerprint density at radius 2 is 1.86 bits per heavy atom. The third kappa shape index (κ3) is 4.32. The van der Waals surface area contributed by atoms with Crippen LogP contribution in [0, 0.1) is 11.8 Å². The van der Waals surface area contributed by atoms with Gasteiger partial charge in [-0.2, -0.15) is 9.97 Å². The highest BCUT2D eigenvalue weighted by Crippen LogP contribution is 2.40. The summed E-state index contributed by atoms with van der Waals surface area (Å²) in [5, 5.41) is 5.75. The number of aromatic nitrogens is 2. The van der Waals surface area contributed by atoms with Crippen LogP contribution in [0.1, 0.15) is 55.8 Å². The Bertz CT molecular complexity index is 1510. The van der Waals surface area contributed by atoms with E-state index in [2.05, 4.69) is 63.3 Å². The summed E-state index contributed by atoms with van der Waals surface area (Å²) in [6, 6.07) is 13.9. The number of aryl methyl sites for hydroxylation is 1. The average Bonchev–Trinajstić information content (AvgIpc) is 3.73. The highest BCUT2D eigenvalue weighted by atomic mass is 16.5. The van der Waals surface area contributed by atoms with Crippen molar-refractivity contribution >= 4 is 28.2 Å². The molecule has 8 rings (SSSR count). The molecule has 0 radical (unpaired) electrons. The summed E-state index contributed by atoms with van der Waals surface area (Å²) in [7, 11) is 0. The molecule has 0 bridgehead atoms. The van der Waals surface area contributed by atoms with Gasteiger partial charge in [-0.3, -0.25) is 9.69 Å². The van der Waals surface area contributed by atoms with Crippen LogP contribution in [0.15, 0.2) is 36.4 Å². The fourth-order valence-electron chi connectivity index (χ4n) is 8.68. The van der Waals surface area contributed by atoms with Crippen LogP contribution in [-0.2, 0) is 24.2 Å². The number of anilines is 2. The van der Waals surface area contributed by atoms with Gasteiger partial charge in [0.1, 0.15) is 12.4 Å². The standard InChI is InChI=1S/C34H42N6O2/c1-2-23-7-3-8-24-9-4-10-29(30(23)24)38-17-12-27-28(21-38)36-33(42-22-34-13-5-15-40(34)16-6-14-34)37-31(27)39-18-11-26-25(20-39)19-35-32(26)41/h3-4,7-10,25-26H,2,5-6,11-22H2,1H3,(H,35,41)/t25-,26+/m0/s1. The number of ether oxygens (including phenoxy) is 1. The molecule has 0 unspecified atom stereocenters. The third-order valence-corrected chi connectivity index (χ3v) is 10.9. The van der Waals surface area contributed by atoms with E-state index < -0.39 is 0 Å². The van der Waals surface area contributed by atoms with E-state index in [0.717, 1.165) is 63.5 Å². The van der Waals surface area contributed by atoms with E-state index in [4.69, 9.17) is 14.7 Å². The molecule has 5 aliphatic rings. The SMILES string of the molecule is CCc1cccc2cccc(N3CCc4c(nc(OCC56CCCN5CCC6)nc4N4CC[C@H]5C(=O)NC[C@H]5C4)C3)c12. The number of piperidine rings is 1. The minimum Gasteiger partial charge on any atom is -0.461 e. The fourth-order valence-corrected chi connectivity index (χ4v) is 8.68.